The Morgan fingerprint density at radius 2 is 0.758 bits per heavy atom. The molecular formula is C90H83BrCeCl7F11KMgN4O7S. The molecule has 0 aliphatic heterocycles. The van der Waals surface area contributed by atoms with Gasteiger partial charge >= 0.3 is 132 Å². The molecule has 0 saturated heterocycles. The van der Waals surface area contributed by atoms with Crippen molar-refractivity contribution in [3.63, 3.8) is 0 Å². The topological polar surface area (TPSA) is 226 Å². The first kappa shape index (κ1) is 122. The van der Waals surface area contributed by atoms with E-state index in [1.165, 1.54) is 153 Å². The Balaban J connectivity index is -0.000000448. The molecule has 0 radical (unpaired) electrons. The van der Waals surface area contributed by atoms with E-state index in [4.69, 9.17) is 97.3 Å². The Hall–Kier alpha value is -6.14. The van der Waals surface area contributed by atoms with Crippen molar-refractivity contribution in [3.05, 3.63) is 410 Å². The van der Waals surface area contributed by atoms with E-state index in [0.717, 1.165) is 21.2 Å². The Morgan fingerprint density at radius 1 is 0.484 bits per heavy atom. The third-order valence-electron chi connectivity index (χ3n) is 15.7. The number of amides is 1. The van der Waals surface area contributed by atoms with Gasteiger partial charge in [0, 0.05) is 53.2 Å². The van der Waals surface area contributed by atoms with Crippen LogP contribution in [0.25, 0.3) is 11.1 Å². The molecule has 0 unspecified atom stereocenters. The maximum atomic E-state index is 13.4. The second kappa shape index (κ2) is 68.9. The second-order valence-corrected chi connectivity index (χ2v) is 41.1. The number of aliphatic hydroxyl groups is 1. The van der Waals surface area contributed by atoms with Gasteiger partial charge in [-0.1, -0.05) is 163 Å². The predicted molar refractivity (Wildman–Crippen MR) is 473 cm³/mol. The van der Waals surface area contributed by atoms with Crippen molar-refractivity contribution < 1.29 is 165 Å². The minimum absolute atomic E-state index is 0. The van der Waals surface area contributed by atoms with Crippen molar-refractivity contribution in [2.45, 2.75) is 76.7 Å². The summed E-state index contributed by atoms with van der Waals surface area (Å²) >= 11 is 17.5. The smallest absolute Gasteiger partial charge is 1.00 e. The zero-order valence-corrected chi connectivity index (χ0v) is 80.9. The Morgan fingerprint density at radius 3 is 0.984 bits per heavy atom. The number of nitrogens with two attached hydrogens (primary N) is 1. The molecule has 0 aliphatic rings. The van der Waals surface area contributed by atoms with Gasteiger partial charge in [-0.25, -0.2) is 48.3 Å². The maximum Gasteiger partial charge on any atom is 2.00 e. The van der Waals surface area contributed by atoms with Crippen LogP contribution in [0.5, 0.6) is 0 Å². The largest absolute Gasteiger partial charge is 2.00 e. The standard InChI is InChI=1S/C16H15F2NO.C16H13F2N.C16H11F2N.C15H13ClF2O.C15H11ClF2.C6H4BrF.C4H7ClO.CN.CH4.Ce.4ClH.K.Mg.H2O4S.2H/c17-13-5-1-3-11(9-13)15(7-8-16(19)20)12-4-2-6-14(18)10-12;2*17-14-6-1-4-12(10-14)16(8-3-9-19)13-5-2-7-15(18)11-13;16-8-7-15(19,11-3-1-5-13(17)9-11)12-4-2-6-14(18)10-12;16-8-7-15(11-3-1-5-13(17)9-11)12-4-2-6-14(18)10-12;7-5-2-1-3-6(8)4-5;1-4(6)2-3-5;1-2;;;;;;;;;1-5(2,3)4;;/h1-6,9-10,15H,7-8H2,(H2,19,20);1-2,4-7,10-11,16H,3,8H2;1-2,4-8,10-11H,3H2;1-6,9-10,19H,7-8H2;1-7,9-10H,8H2;1-4H;2-3H2,1H3;;1H4;;4*1H;;;(H2,1,2,3,4);;/q;;;;;;;-1;;+3;;;;;+1;+2;;2*-1/p-3. The van der Waals surface area contributed by atoms with Gasteiger partial charge in [-0.15, -0.1) is 47.2 Å². The first-order valence-corrected chi connectivity index (χ1v) is 50.7. The molecule has 0 fully saturated rings. The SMILES string of the molecule is C.CC(=O)CCCl.Cl.Fc1cccc(Br)c1.Fc1cccc(C(=CCCl)c2cccc(F)c2)c1.N#CCC=C(c1cccc(F)c1)c1cccc(F)c1.N#CCCC(c1cccc(F)c1)c1cccc(F)c1.NC(=O)CCC(c1cccc(F)c1)c1cccc(F)c1.O=S(=O)(O)O.OC(CCCl)(c1cccc(F)c1)c1cccc(F)c1.[C-]#N.[Cl][Ce]([Cl])[Cl].[H-].[H-].[K+].[Mg+2]. The van der Waals surface area contributed by atoms with E-state index in [2.05, 4.69) is 22.0 Å². The number of nitriles is 2. The number of Topliss-reactive ketones (excluding diaryl/α,β-unsaturated/α-hetero) is 1. The number of primary amides is 1. The maximum absolute atomic E-state index is 13.4. The van der Waals surface area contributed by atoms with Crippen molar-refractivity contribution in [1.82, 2.24) is 0 Å². The van der Waals surface area contributed by atoms with E-state index in [9.17, 15) is 63.0 Å². The average Bonchev–Trinajstić information content (AvgIpc) is 0.788. The Labute approximate surface area is 829 Å². The molecule has 11 rings (SSSR count). The van der Waals surface area contributed by atoms with Gasteiger partial charge in [-0.2, -0.15) is 18.9 Å². The minimum Gasteiger partial charge on any atom is -1.00 e. The van der Waals surface area contributed by atoms with Gasteiger partial charge in [-0.3, -0.25) is 18.7 Å². The number of carbonyl (C=O) groups is 2. The summed E-state index contributed by atoms with van der Waals surface area (Å²) in [5.74, 6) is -3.66. The normalized spacial score (nSPS) is 9.77. The number of alkyl halides is 3. The van der Waals surface area contributed by atoms with Crippen molar-refractivity contribution >= 4 is 136 Å². The fraction of sp³-hybridized carbons (Fsp3) is 0.167. The number of rotatable bonds is 21. The summed E-state index contributed by atoms with van der Waals surface area (Å²) in [7, 11) is -4.67. The van der Waals surface area contributed by atoms with Crippen molar-refractivity contribution in [2.75, 3.05) is 17.6 Å². The number of allylic oxidation sites excluding steroid dienone is 2. The molecule has 651 valence electrons. The first-order chi connectivity index (χ1) is 57.0. The summed E-state index contributed by atoms with van der Waals surface area (Å²) < 4.78 is 177. The van der Waals surface area contributed by atoms with E-state index < -0.39 is 64.2 Å². The molecule has 11 nitrogen and oxygen atoms in total. The van der Waals surface area contributed by atoms with Crippen LogP contribution in [0.4, 0.5) is 48.3 Å². The van der Waals surface area contributed by atoms with Crippen LogP contribution in [-0.2, 0) is 25.6 Å². The number of ketones is 1. The summed E-state index contributed by atoms with van der Waals surface area (Å²) in [6.45, 7) is 6.28. The third kappa shape index (κ3) is 52.4. The van der Waals surface area contributed by atoms with Crippen LogP contribution < -0.4 is 57.1 Å². The first-order valence-electron chi connectivity index (χ1n) is 35.1. The summed E-state index contributed by atoms with van der Waals surface area (Å²) in [5, 5.41) is 34.4. The number of nitrogens with zero attached hydrogens (tertiary/aromatic N) is 3. The number of hydrogen-bond acceptors (Lipinski definition) is 8. The van der Waals surface area contributed by atoms with Crippen LogP contribution in [0.3, 0.4) is 0 Å². The quantitative estimate of drug-likeness (QED) is 0.0175. The molecule has 5 N–H and O–H groups in total. The van der Waals surface area contributed by atoms with Gasteiger partial charge < -0.3 is 25.5 Å². The van der Waals surface area contributed by atoms with Crippen LogP contribution in [0, 0.1) is 129 Å². The van der Waals surface area contributed by atoms with Gasteiger partial charge in [0.25, 0.3) is 0 Å². The van der Waals surface area contributed by atoms with Gasteiger partial charge in [-0.05, 0) is 232 Å². The third-order valence-corrected chi connectivity index (χ3v) is 16.8. The van der Waals surface area contributed by atoms with Crippen LogP contribution >= 0.6 is 80.0 Å². The average molecular weight is 2110 g/mol. The Bertz CT molecular complexity index is 5070. The number of benzene rings is 11. The monoisotopic (exact) mass is 2100 g/mol. The molecule has 124 heavy (non-hydrogen) atoms. The van der Waals surface area contributed by atoms with Crippen molar-refractivity contribution in [3.8, 4) is 12.1 Å². The molecule has 11 aromatic rings. The summed E-state index contributed by atoms with van der Waals surface area (Å²) in [6, 6.07) is 70.7. The summed E-state index contributed by atoms with van der Waals surface area (Å²) in [6.07, 6.45) is 5.74. The molecule has 0 bridgehead atoms. The molecule has 1 amide bonds. The zero-order chi connectivity index (χ0) is 89.8. The molecule has 0 aliphatic carbocycles. The van der Waals surface area contributed by atoms with Crippen LogP contribution in [-0.4, -0.2) is 75.0 Å². The van der Waals surface area contributed by atoms with E-state index in [1.807, 2.05) is 6.07 Å². The van der Waals surface area contributed by atoms with E-state index in [-0.39, 0.29) is 198 Å². The fourth-order valence-electron chi connectivity index (χ4n) is 10.8. The minimum atomic E-state index is -4.67. The fourth-order valence-corrected chi connectivity index (χ4v) is 11.8. The molecule has 0 heterocycles. The summed E-state index contributed by atoms with van der Waals surface area (Å²) in [4.78, 5) is 20.9. The van der Waals surface area contributed by atoms with Crippen molar-refractivity contribution in [2.24, 2.45) is 5.73 Å². The molecule has 11 aromatic carbocycles. The molecular weight excluding hydrogens is 2020 g/mol. The summed E-state index contributed by atoms with van der Waals surface area (Å²) in [5.41, 5.74) is 26.4. The van der Waals surface area contributed by atoms with E-state index in [0.29, 0.717) is 81.6 Å². The molecule has 34 heteroatoms. The van der Waals surface area contributed by atoms with Crippen LogP contribution in [0.2, 0.25) is 0 Å². The van der Waals surface area contributed by atoms with E-state index >= 15 is 0 Å². The van der Waals surface area contributed by atoms with Gasteiger partial charge in [0.2, 0.25) is 5.91 Å². The van der Waals surface area contributed by atoms with Gasteiger partial charge in [0.15, 0.2) is 0 Å². The van der Waals surface area contributed by atoms with Crippen molar-refractivity contribution in [1.29, 1.82) is 15.8 Å². The van der Waals surface area contributed by atoms with Crippen LogP contribution in [0.15, 0.2) is 284 Å². The number of hydrogen-bond donors (Lipinski definition) is 4. The number of carbonyl (C=O) groups excluding carboxylic acids is 2. The molecule has 0 saturated carbocycles. The molecule has 0 aromatic heterocycles. The Kier molecular flexibility index (Phi) is 67.8. The molecule has 0 spiro atoms. The predicted octanol–water partition coefficient (Wildman–Crippen LogP) is 23.7. The molecule has 0 atom stereocenters. The number of halogens is 19. The second-order valence-electron chi connectivity index (χ2n) is 24.4. The van der Waals surface area contributed by atoms with Gasteiger partial charge in [0.05, 0.1) is 18.6 Å². The van der Waals surface area contributed by atoms with E-state index in [1.54, 1.807) is 133 Å². The zero-order valence-electron chi connectivity index (χ0n) is 67.5. The van der Waals surface area contributed by atoms with Crippen LogP contribution in [0.1, 0.15) is 130 Å². The van der Waals surface area contributed by atoms with Gasteiger partial charge in [0.1, 0.15) is 75.4 Å².